The van der Waals surface area contributed by atoms with E-state index in [1.807, 2.05) is 12.1 Å². The Kier molecular flexibility index (Phi) is 17.5. The summed E-state index contributed by atoms with van der Waals surface area (Å²) in [4.78, 5) is 120. The van der Waals surface area contributed by atoms with Crippen LogP contribution in [0.2, 0.25) is 0 Å². The molecule has 6 heterocycles. The topological polar surface area (TPSA) is 222 Å². The number of halogens is 1. The number of amides is 4. The summed E-state index contributed by atoms with van der Waals surface area (Å²) >= 11 is 1.31. The zero-order chi connectivity index (χ0) is 54.3. The largest absolute Gasteiger partial charge is 0.380 e. The van der Waals surface area contributed by atoms with E-state index in [4.69, 9.17) is 9.72 Å². The highest BCUT2D eigenvalue weighted by atomic mass is 32.1. The molecule has 408 valence electrons. The van der Waals surface area contributed by atoms with E-state index in [0.717, 1.165) is 69.9 Å². The average Bonchev–Trinajstić information content (AvgIpc) is 4.31. The SMILES string of the molecule is CC(=O)c1c(C)c2cnc(Nc3ccc(N4CCN(C(=O)CCOCCC(=O)N(C)C(C)C(=O)NC(C(=O)N5CCC[C@H]5c5nc(C(=O)c6ccc(F)cc6)cs5)C5CCCCC5)CC4)cn3)nc2n(C2CCCC2)c1=O. The Morgan fingerprint density at radius 1 is 0.844 bits per heavy atom. The van der Waals surface area contributed by atoms with Gasteiger partial charge >= 0.3 is 0 Å². The first kappa shape index (κ1) is 54.8. The number of carbonyl (C=O) groups excluding carboxylic acids is 6. The fourth-order valence-electron chi connectivity index (χ4n) is 11.3. The van der Waals surface area contributed by atoms with Gasteiger partial charge in [0.1, 0.15) is 40.1 Å². The number of Topliss-reactive ketones (excluding diaryl/α,β-unsaturated/α-hetero) is 1. The van der Waals surface area contributed by atoms with E-state index in [0.29, 0.717) is 72.1 Å². The van der Waals surface area contributed by atoms with Gasteiger partial charge in [-0.3, -0.25) is 38.1 Å². The summed E-state index contributed by atoms with van der Waals surface area (Å²) in [6.45, 7) is 7.75. The summed E-state index contributed by atoms with van der Waals surface area (Å²) in [5, 5.41) is 9.20. The van der Waals surface area contributed by atoms with E-state index < -0.39 is 23.8 Å². The molecule has 2 aliphatic heterocycles. The van der Waals surface area contributed by atoms with Gasteiger partial charge in [0, 0.05) is 68.3 Å². The average molecular weight is 1070 g/mol. The standard InChI is InChI=1S/C56H68FN11O8S/c1-34-42-32-59-56(63-51(42)68(40-13-8-9-14-40)54(74)48(34)36(3)69)61-45-21-20-41(31-58-45)65-25-27-66(28-26-65)47(71)23-30-76-29-22-46(70)64(4)35(2)52(73)62-49(37-11-6-5-7-12-37)55(75)67-24-10-15-44(67)53-60-43(33-77-53)50(72)38-16-18-39(57)19-17-38/h16-21,31-33,35,37,40,44,49H,5-15,22-30H2,1-4H3,(H,62,73)(H,58,59,61,63)/t35?,44-,49?/m0/s1. The lowest BCUT2D eigenvalue weighted by molar-refractivity contribution is -0.143. The molecule has 4 fully saturated rings. The van der Waals surface area contributed by atoms with Crippen molar-refractivity contribution in [3.8, 4) is 0 Å². The minimum Gasteiger partial charge on any atom is -0.380 e. The highest BCUT2D eigenvalue weighted by Crippen LogP contribution is 2.37. The molecule has 2 N–H and O–H groups in total. The Balaban J connectivity index is 0.710. The zero-order valence-electron chi connectivity index (χ0n) is 44.3. The number of aromatic nitrogens is 5. The van der Waals surface area contributed by atoms with Crippen molar-refractivity contribution in [1.29, 1.82) is 0 Å². The number of piperazine rings is 1. The van der Waals surface area contributed by atoms with Crippen molar-refractivity contribution >= 4 is 75.0 Å². The van der Waals surface area contributed by atoms with Gasteiger partial charge in [0.15, 0.2) is 5.78 Å². The second-order valence-corrected chi connectivity index (χ2v) is 21.7. The predicted molar refractivity (Wildman–Crippen MR) is 289 cm³/mol. The molecule has 21 heteroatoms. The van der Waals surface area contributed by atoms with Crippen LogP contribution in [0, 0.1) is 18.7 Å². The molecule has 0 bridgehead atoms. The first-order chi connectivity index (χ1) is 37.2. The van der Waals surface area contributed by atoms with Crippen molar-refractivity contribution in [3.63, 3.8) is 0 Å². The Labute approximate surface area is 451 Å². The number of thiazole rings is 1. The molecule has 4 amide bonds. The molecular weight excluding hydrogens is 1010 g/mol. The molecule has 0 radical (unpaired) electrons. The van der Waals surface area contributed by atoms with E-state index in [-0.39, 0.29) is 96.1 Å². The number of carbonyl (C=O) groups is 6. The normalized spacial score (nSPS) is 18.1. The molecule has 4 aliphatic rings. The third-order valence-electron chi connectivity index (χ3n) is 15.9. The van der Waals surface area contributed by atoms with Gasteiger partial charge in [-0.1, -0.05) is 32.1 Å². The smallest absolute Gasteiger partial charge is 0.263 e. The number of ketones is 2. The van der Waals surface area contributed by atoms with E-state index >= 15 is 0 Å². The number of ether oxygens (including phenoxy) is 1. The van der Waals surface area contributed by atoms with Crippen molar-refractivity contribution in [2.75, 3.05) is 63.2 Å². The first-order valence-corrected chi connectivity index (χ1v) is 27.9. The second kappa shape index (κ2) is 24.6. The summed E-state index contributed by atoms with van der Waals surface area (Å²) in [5.74, 6) is -1.27. The van der Waals surface area contributed by atoms with Crippen LogP contribution in [0.4, 0.5) is 21.8 Å². The molecule has 5 aromatic rings. The third kappa shape index (κ3) is 12.4. The lowest BCUT2D eigenvalue weighted by Crippen LogP contribution is -2.56. The van der Waals surface area contributed by atoms with Gasteiger partial charge in [0.25, 0.3) is 5.56 Å². The van der Waals surface area contributed by atoms with Crippen LogP contribution in [0.15, 0.2) is 59.0 Å². The van der Waals surface area contributed by atoms with Gasteiger partial charge in [-0.15, -0.1) is 11.3 Å². The summed E-state index contributed by atoms with van der Waals surface area (Å²) < 4.78 is 20.9. The van der Waals surface area contributed by atoms with Gasteiger partial charge < -0.3 is 35.0 Å². The maximum Gasteiger partial charge on any atom is 0.263 e. The van der Waals surface area contributed by atoms with Crippen LogP contribution in [0.5, 0.6) is 0 Å². The maximum atomic E-state index is 14.5. The number of rotatable bonds is 19. The molecule has 19 nitrogen and oxygen atoms in total. The van der Waals surface area contributed by atoms with E-state index in [2.05, 4.69) is 30.5 Å². The quantitative estimate of drug-likeness (QED) is 0.0622. The number of nitrogens with zero attached hydrogens (tertiary/aromatic N) is 9. The summed E-state index contributed by atoms with van der Waals surface area (Å²) in [7, 11) is 1.56. The van der Waals surface area contributed by atoms with Crippen LogP contribution in [0.25, 0.3) is 11.0 Å². The minimum atomic E-state index is -0.872. The number of hydrogen-bond donors (Lipinski definition) is 2. The number of hydrogen-bond acceptors (Lipinski definition) is 15. The fraction of sp³-hybridized carbons (Fsp3) is 0.518. The molecule has 9 rings (SSSR count). The van der Waals surface area contributed by atoms with Gasteiger partial charge in [-0.25, -0.2) is 19.3 Å². The first-order valence-electron chi connectivity index (χ1n) is 27.0. The molecule has 77 heavy (non-hydrogen) atoms. The fourth-order valence-corrected chi connectivity index (χ4v) is 12.3. The summed E-state index contributed by atoms with van der Waals surface area (Å²) in [6, 6.07) is 7.04. The van der Waals surface area contributed by atoms with Crippen LogP contribution in [0.3, 0.4) is 0 Å². The Morgan fingerprint density at radius 2 is 1.56 bits per heavy atom. The monoisotopic (exact) mass is 1070 g/mol. The number of nitrogens with one attached hydrogen (secondary N) is 2. The van der Waals surface area contributed by atoms with Crippen LogP contribution >= 0.6 is 11.3 Å². The number of likely N-dealkylation sites (tertiary alicyclic amines) is 1. The molecule has 1 aromatic carbocycles. The number of anilines is 3. The van der Waals surface area contributed by atoms with Crippen LogP contribution in [0.1, 0.15) is 146 Å². The van der Waals surface area contributed by atoms with Gasteiger partial charge in [-0.05, 0) is 107 Å². The number of likely N-dealkylation sites (N-methyl/N-ethyl adjacent to an activating group) is 1. The lowest BCUT2D eigenvalue weighted by Gasteiger charge is -2.36. The van der Waals surface area contributed by atoms with Crippen LogP contribution < -0.4 is 21.1 Å². The van der Waals surface area contributed by atoms with Crippen molar-refractivity contribution in [2.24, 2.45) is 5.92 Å². The van der Waals surface area contributed by atoms with Gasteiger partial charge in [0.2, 0.25) is 35.4 Å². The molecular formula is C56H68FN11O8S. The van der Waals surface area contributed by atoms with Crippen molar-refractivity contribution in [1.82, 2.24) is 44.5 Å². The molecule has 3 atom stereocenters. The maximum absolute atomic E-state index is 14.5. The van der Waals surface area contributed by atoms with Gasteiger partial charge in [0.05, 0.1) is 49.5 Å². The van der Waals surface area contributed by atoms with E-state index in [1.54, 1.807) is 53.0 Å². The van der Waals surface area contributed by atoms with Crippen molar-refractivity contribution < 1.29 is 37.9 Å². The Bertz CT molecular complexity index is 3040. The lowest BCUT2D eigenvalue weighted by atomic mass is 9.83. The zero-order valence-corrected chi connectivity index (χ0v) is 45.1. The molecule has 2 unspecified atom stereocenters. The van der Waals surface area contributed by atoms with Crippen molar-refractivity contribution in [3.05, 3.63) is 97.7 Å². The number of fused-ring (bicyclic) bond motifs is 1. The van der Waals surface area contributed by atoms with E-state index in [9.17, 15) is 38.0 Å². The molecule has 2 aliphatic carbocycles. The molecule has 0 spiro atoms. The summed E-state index contributed by atoms with van der Waals surface area (Å²) in [5.41, 5.74) is 2.41. The van der Waals surface area contributed by atoms with E-state index in [1.165, 1.54) is 47.4 Å². The highest BCUT2D eigenvalue weighted by Gasteiger charge is 2.41. The number of pyridine rings is 2. The van der Waals surface area contributed by atoms with Crippen LogP contribution in [-0.2, 0) is 23.9 Å². The summed E-state index contributed by atoms with van der Waals surface area (Å²) in [6.07, 6.45) is 13.2. The van der Waals surface area contributed by atoms with Crippen molar-refractivity contribution in [2.45, 2.75) is 128 Å². The molecule has 2 saturated carbocycles. The predicted octanol–water partition coefficient (Wildman–Crippen LogP) is 7.10. The third-order valence-corrected chi connectivity index (χ3v) is 16.8. The number of aryl methyl sites for hydroxylation is 1. The molecule has 4 aromatic heterocycles. The second-order valence-electron chi connectivity index (χ2n) is 20.8. The Hall–Kier alpha value is -7.00. The Morgan fingerprint density at radius 3 is 2.26 bits per heavy atom. The number of benzene rings is 1. The molecule has 2 saturated heterocycles. The highest BCUT2D eigenvalue weighted by molar-refractivity contribution is 7.10. The van der Waals surface area contributed by atoms with Gasteiger partial charge in [-0.2, -0.15) is 4.98 Å². The van der Waals surface area contributed by atoms with Crippen LogP contribution in [-0.4, -0.2) is 139 Å². The minimum absolute atomic E-state index is 0.00386.